The van der Waals surface area contributed by atoms with Gasteiger partial charge in [-0.2, -0.15) is 14.1 Å². The molecule has 0 bridgehead atoms. The molecule has 0 radical (unpaired) electrons. The second kappa shape index (κ2) is 11.8. The molecule has 2 heterocycles. The maximum atomic E-state index is 13.3. The van der Waals surface area contributed by atoms with Crippen LogP contribution in [0.15, 0.2) is 35.3 Å². The van der Waals surface area contributed by atoms with Gasteiger partial charge in [-0.15, -0.1) is 0 Å². The van der Waals surface area contributed by atoms with Crippen molar-refractivity contribution in [2.75, 3.05) is 70.4 Å². The molecule has 0 aliphatic carbocycles. The highest BCUT2D eigenvalue weighted by Gasteiger charge is 2.29. The number of nitrogens with zero attached hydrogens (tertiary/aromatic N) is 4. The molecule has 1 fully saturated rings. The molecule has 0 unspecified atom stereocenters. The van der Waals surface area contributed by atoms with Crippen LogP contribution in [0.1, 0.15) is 6.92 Å². The van der Waals surface area contributed by atoms with E-state index in [1.165, 1.54) is 16.1 Å². The Bertz CT molecular complexity index is 1090. The fraction of sp³-hybridized carbons (Fsp3) is 0.524. The number of piperazine rings is 1. The smallest absolute Gasteiger partial charge is 0.316 e. The lowest BCUT2D eigenvalue weighted by Crippen LogP contribution is -2.50. The summed E-state index contributed by atoms with van der Waals surface area (Å²) in [5, 5.41) is 4.80. The third-order valence-electron chi connectivity index (χ3n) is 5.16. The van der Waals surface area contributed by atoms with Gasteiger partial charge < -0.3 is 19.1 Å². The zero-order chi connectivity index (χ0) is 23.8. The van der Waals surface area contributed by atoms with Gasteiger partial charge in [-0.25, -0.2) is 8.42 Å². The highest BCUT2D eigenvalue weighted by atomic mass is 35.5. The second-order valence-electron chi connectivity index (χ2n) is 7.30. The summed E-state index contributed by atoms with van der Waals surface area (Å²) in [4.78, 5) is 15.2. The van der Waals surface area contributed by atoms with Gasteiger partial charge in [0.15, 0.2) is 0 Å². The van der Waals surface area contributed by atoms with Crippen molar-refractivity contribution < 1.29 is 22.6 Å². The monoisotopic (exact) mass is 500 g/mol. The second-order valence-corrected chi connectivity index (χ2v) is 9.82. The Balaban J connectivity index is 1.85. The quantitative estimate of drug-likeness (QED) is 0.426. The Morgan fingerprint density at radius 1 is 1.12 bits per heavy atom. The fourth-order valence-corrected chi connectivity index (χ4v) is 4.99. The number of sulfonamides is 1. The largest absolute Gasteiger partial charge is 0.484 e. The van der Waals surface area contributed by atoms with Crippen LogP contribution in [0.25, 0.3) is 5.69 Å². The molecule has 0 amide bonds. The van der Waals surface area contributed by atoms with Crippen LogP contribution in [0.4, 0.5) is 5.69 Å². The maximum absolute atomic E-state index is 13.3. The van der Waals surface area contributed by atoms with Crippen molar-refractivity contribution in [3.63, 3.8) is 0 Å². The lowest BCUT2D eigenvalue weighted by Gasteiger charge is -2.35. The summed E-state index contributed by atoms with van der Waals surface area (Å²) in [6.07, 6.45) is 1.56. The van der Waals surface area contributed by atoms with E-state index in [1.807, 2.05) is 11.8 Å². The van der Waals surface area contributed by atoms with E-state index in [-0.39, 0.29) is 24.7 Å². The zero-order valence-electron chi connectivity index (χ0n) is 18.8. The van der Waals surface area contributed by atoms with Crippen LogP contribution in [-0.4, -0.2) is 88.0 Å². The standard InChI is InChI=1S/C21H29ClN4O6S/c1-3-31-11-12-32-20-19(16-23-26(21(20)27)18-6-4-5-17(22)15-18)24-7-9-25(10-8-24)33(28,29)14-13-30-2/h4-6,15-16H,3,7-14H2,1-2H3. The molecule has 0 N–H and O–H groups in total. The molecule has 0 saturated carbocycles. The van der Waals surface area contributed by atoms with Crippen LogP contribution in [0.2, 0.25) is 5.02 Å². The van der Waals surface area contributed by atoms with Crippen LogP contribution in [0.5, 0.6) is 5.75 Å². The number of ether oxygens (including phenoxy) is 3. The summed E-state index contributed by atoms with van der Waals surface area (Å²) >= 11 is 6.08. The minimum absolute atomic E-state index is 0.0630. The first-order valence-corrected chi connectivity index (χ1v) is 12.7. The molecular weight excluding hydrogens is 472 g/mol. The summed E-state index contributed by atoms with van der Waals surface area (Å²) in [5.41, 5.74) is 0.605. The molecule has 182 valence electrons. The van der Waals surface area contributed by atoms with Crippen LogP contribution < -0.4 is 15.2 Å². The first kappa shape index (κ1) is 25.4. The van der Waals surface area contributed by atoms with E-state index in [0.29, 0.717) is 55.8 Å². The summed E-state index contributed by atoms with van der Waals surface area (Å²) < 4.78 is 43.7. The van der Waals surface area contributed by atoms with E-state index in [4.69, 9.17) is 25.8 Å². The van der Waals surface area contributed by atoms with Gasteiger partial charge in [-0.05, 0) is 25.1 Å². The highest BCUT2D eigenvalue weighted by Crippen LogP contribution is 2.26. The van der Waals surface area contributed by atoms with Crippen molar-refractivity contribution in [2.45, 2.75) is 6.92 Å². The number of anilines is 1. The molecule has 3 rings (SSSR count). The highest BCUT2D eigenvalue weighted by molar-refractivity contribution is 7.89. The van der Waals surface area contributed by atoms with Gasteiger partial charge in [0.2, 0.25) is 15.8 Å². The van der Waals surface area contributed by atoms with Gasteiger partial charge in [0.05, 0.1) is 30.9 Å². The van der Waals surface area contributed by atoms with E-state index in [9.17, 15) is 13.2 Å². The molecule has 1 aromatic heterocycles. The molecule has 12 heteroatoms. The number of hydrogen-bond acceptors (Lipinski definition) is 8. The molecule has 10 nitrogen and oxygen atoms in total. The van der Waals surface area contributed by atoms with Gasteiger partial charge in [-0.1, -0.05) is 17.7 Å². The molecular formula is C21H29ClN4O6S. The van der Waals surface area contributed by atoms with Crippen LogP contribution >= 0.6 is 11.6 Å². The van der Waals surface area contributed by atoms with Gasteiger partial charge >= 0.3 is 5.56 Å². The summed E-state index contributed by atoms with van der Waals surface area (Å²) in [6, 6.07) is 6.82. The van der Waals surface area contributed by atoms with Crippen molar-refractivity contribution >= 4 is 27.3 Å². The number of halogens is 1. The van der Waals surface area contributed by atoms with Gasteiger partial charge in [0, 0.05) is 44.9 Å². The third kappa shape index (κ3) is 6.45. The van der Waals surface area contributed by atoms with E-state index < -0.39 is 15.6 Å². The van der Waals surface area contributed by atoms with Crippen molar-refractivity contribution in [3.8, 4) is 11.4 Å². The topological polar surface area (TPSA) is 103 Å². The Kier molecular flexibility index (Phi) is 9.10. The molecule has 1 aliphatic heterocycles. The minimum atomic E-state index is -3.40. The van der Waals surface area contributed by atoms with E-state index in [0.717, 1.165) is 0 Å². The molecule has 1 aromatic carbocycles. The van der Waals surface area contributed by atoms with E-state index in [1.54, 1.807) is 30.5 Å². The Morgan fingerprint density at radius 2 is 1.88 bits per heavy atom. The average Bonchev–Trinajstić information content (AvgIpc) is 2.81. The predicted octanol–water partition coefficient (Wildman–Crippen LogP) is 1.40. The molecule has 0 spiro atoms. The van der Waals surface area contributed by atoms with E-state index in [2.05, 4.69) is 5.10 Å². The van der Waals surface area contributed by atoms with Crippen molar-refractivity contribution in [1.82, 2.24) is 14.1 Å². The maximum Gasteiger partial charge on any atom is 0.316 e. The minimum Gasteiger partial charge on any atom is -0.484 e. The predicted molar refractivity (Wildman–Crippen MR) is 126 cm³/mol. The van der Waals surface area contributed by atoms with Crippen LogP contribution in [0, 0.1) is 0 Å². The Hall–Kier alpha value is -2.18. The number of hydrogen-bond donors (Lipinski definition) is 0. The Morgan fingerprint density at radius 3 is 2.55 bits per heavy atom. The SMILES string of the molecule is CCOCCOc1c(N2CCN(S(=O)(=O)CCOC)CC2)cnn(-c2cccc(Cl)c2)c1=O. The van der Waals surface area contributed by atoms with Crippen molar-refractivity contribution in [1.29, 1.82) is 0 Å². The van der Waals surface area contributed by atoms with E-state index >= 15 is 0 Å². The Labute approximate surface area is 198 Å². The molecule has 2 aromatic rings. The van der Waals surface area contributed by atoms with Crippen molar-refractivity contribution in [2.24, 2.45) is 0 Å². The summed E-state index contributed by atoms with van der Waals surface area (Å²) in [7, 11) is -1.93. The molecule has 33 heavy (non-hydrogen) atoms. The van der Waals surface area contributed by atoms with Crippen molar-refractivity contribution in [3.05, 3.63) is 45.8 Å². The molecule has 0 atom stereocenters. The fourth-order valence-electron chi connectivity index (χ4n) is 3.45. The van der Waals surface area contributed by atoms with Crippen LogP contribution in [-0.2, 0) is 19.5 Å². The number of benzene rings is 1. The number of aromatic nitrogens is 2. The average molecular weight is 501 g/mol. The zero-order valence-corrected chi connectivity index (χ0v) is 20.3. The van der Waals surface area contributed by atoms with Gasteiger partial charge in [0.25, 0.3) is 0 Å². The van der Waals surface area contributed by atoms with Crippen LogP contribution in [0.3, 0.4) is 0 Å². The first-order chi connectivity index (χ1) is 15.9. The normalized spacial score (nSPS) is 15.1. The first-order valence-electron chi connectivity index (χ1n) is 10.7. The lowest BCUT2D eigenvalue weighted by atomic mass is 10.3. The number of rotatable bonds is 11. The summed E-state index contributed by atoms with van der Waals surface area (Å²) in [6.45, 7) is 4.48. The van der Waals surface area contributed by atoms with Gasteiger partial charge in [0.1, 0.15) is 12.3 Å². The molecule has 1 saturated heterocycles. The number of methoxy groups -OCH3 is 1. The summed E-state index contributed by atoms with van der Waals surface area (Å²) in [5.74, 6) is 0.0763. The van der Waals surface area contributed by atoms with Gasteiger partial charge in [-0.3, -0.25) is 4.79 Å². The lowest BCUT2D eigenvalue weighted by molar-refractivity contribution is 0.109. The third-order valence-corrected chi connectivity index (χ3v) is 7.23. The molecule has 1 aliphatic rings.